The van der Waals surface area contributed by atoms with Crippen LogP contribution >= 0.6 is 27.7 Å². The van der Waals surface area contributed by atoms with E-state index in [2.05, 4.69) is 55.3 Å². The summed E-state index contributed by atoms with van der Waals surface area (Å²) in [6, 6.07) is 10.9. The van der Waals surface area contributed by atoms with Gasteiger partial charge in [0.1, 0.15) is 0 Å². The highest BCUT2D eigenvalue weighted by Gasteiger charge is 2.60. The van der Waals surface area contributed by atoms with Crippen molar-refractivity contribution in [3.63, 3.8) is 0 Å². The van der Waals surface area contributed by atoms with Crippen LogP contribution in [0.25, 0.3) is 11.6 Å². The molecule has 3 heterocycles. The molecule has 1 saturated carbocycles. The van der Waals surface area contributed by atoms with Gasteiger partial charge in [0.25, 0.3) is 6.47 Å². The zero-order valence-corrected chi connectivity index (χ0v) is 20.6. The lowest BCUT2D eigenvalue weighted by Crippen LogP contribution is -2.27. The van der Waals surface area contributed by atoms with E-state index < -0.39 is 0 Å². The first-order valence-corrected chi connectivity index (χ1v) is 12.4. The number of benzene rings is 1. The van der Waals surface area contributed by atoms with Crippen LogP contribution in [-0.2, 0) is 17.3 Å². The lowest BCUT2D eigenvalue weighted by atomic mass is 9.95. The van der Waals surface area contributed by atoms with Gasteiger partial charge < -0.3 is 19.0 Å². The number of nitrogens with zero attached hydrogens (tertiary/aromatic N) is 4. The number of thioether (sulfide) groups is 1. The van der Waals surface area contributed by atoms with Gasteiger partial charge in [0, 0.05) is 35.8 Å². The number of piperidine rings is 1. The first kappa shape index (κ1) is 23.1. The minimum absolute atomic E-state index is 0.250. The van der Waals surface area contributed by atoms with E-state index in [-0.39, 0.29) is 6.47 Å². The van der Waals surface area contributed by atoms with E-state index in [1.165, 1.54) is 25.1 Å². The first-order chi connectivity index (χ1) is 15.5. The van der Waals surface area contributed by atoms with E-state index in [4.69, 9.17) is 14.3 Å². The lowest BCUT2D eigenvalue weighted by Gasteiger charge is -2.21. The number of carboxylic acid groups (broad SMARTS) is 1. The van der Waals surface area contributed by atoms with Crippen LogP contribution in [0.5, 0.6) is 0 Å². The number of furan rings is 1. The Balaban J connectivity index is 0.000000775. The largest absolute Gasteiger partial charge is 0.483 e. The van der Waals surface area contributed by atoms with Crippen molar-refractivity contribution in [2.45, 2.75) is 30.3 Å². The van der Waals surface area contributed by atoms with Gasteiger partial charge >= 0.3 is 0 Å². The molecule has 0 spiro atoms. The normalized spacial score (nSPS) is 21.7. The standard InChI is InChI=1S/C22H25BrN4OS.CH2O2/c1-15-8-10-28-19(15)20-24-25-21(26(20)2)29-11-3-9-27-13-17-12-22(17,14-27)16-4-6-18(23)7-5-16;2-1-3/h4-8,10,17H,3,9,11-14H2,1-2H3;1H,(H,2,3)/t17-,22+;/m0./s1. The molecule has 0 unspecified atom stereocenters. The second kappa shape index (κ2) is 9.80. The summed E-state index contributed by atoms with van der Waals surface area (Å²) in [5.41, 5.74) is 3.03. The first-order valence-electron chi connectivity index (χ1n) is 10.6. The summed E-state index contributed by atoms with van der Waals surface area (Å²) in [7, 11) is 2.01. The number of hydrogen-bond acceptors (Lipinski definition) is 6. The maximum atomic E-state index is 8.36. The summed E-state index contributed by atoms with van der Waals surface area (Å²) in [5.74, 6) is 3.50. The molecule has 2 atom stereocenters. The van der Waals surface area contributed by atoms with E-state index in [1.54, 1.807) is 18.0 Å². The Kier molecular flexibility index (Phi) is 7.07. The van der Waals surface area contributed by atoms with Crippen LogP contribution in [-0.4, -0.2) is 56.6 Å². The molecule has 1 aromatic carbocycles. The van der Waals surface area contributed by atoms with Gasteiger partial charge in [0.05, 0.1) is 6.26 Å². The van der Waals surface area contributed by atoms with Crippen molar-refractivity contribution in [3.05, 3.63) is 52.2 Å². The highest BCUT2D eigenvalue weighted by molar-refractivity contribution is 9.10. The summed E-state index contributed by atoms with van der Waals surface area (Å²) >= 11 is 5.33. The quantitative estimate of drug-likeness (QED) is 0.278. The monoisotopic (exact) mass is 518 g/mol. The number of likely N-dealkylation sites (tertiary alicyclic amines) is 1. The van der Waals surface area contributed by atoms with Crippen LogP contribution in [0.1, 0.15) is 24.0 Å². The fraction of sp³-hybridized carbons (Fsp3) is 0.435. The topological polar surface area (TPSA) is 84.4 Å². The third kappa shape index (κ3) is 4.65. The molecule has 2 aliphatic rings. The average molecular weight is 519 g/mol. The number of hydrogen-bond donors (Lipinski definition) is 1. The lowest BCUT2D eigenvalue weighted by molar-refractivity contribution is -0.122. The maximum Gasteiger partial charge on any atom is 0.290 e. The minimum Gasteiger partial charge on any atom is -0.483 e. The Hall–Kier alpha value is -2.10. The summed E-state index contributed by atoms with van der Waals surface area (Å²) in [4.78, 5) is 11.0. The van der Waals surface area contributed by atoms with E-state index in [9.17, 15) is 0 Å². The van der Waals surface area contributed by atoms with Gasteiger partial charge in [0.15, 0.2) is 16.7 Å². The predicted molar refractivity (Wildman–Crippen MR) is 128 cm³/mol. The zero-order valence-electron chi connectivity index (χ0n) is 18.2. The molecule has 1 aliphatic heterocycles. The number of fused-ring (bicyclic) bond motifs is 1. The molecule has 2 fully saturated rings. The number of halogens is 1. The van der Waals surface area contributed by atoms with Gasteiger partial charge in [-0.05, 0) is 61.6 Å². The maximum absolute atomic E-state index is 8.36. The van der Waals surface area contributed by atoms with E-state index in [0.717, 1.165) is 51.4 Å². The fourth-order valence-electron chi connectivity index (χ4n) is 4.68. The van der Waals surface area contributed by atoms with E-state index in [0.29, 0.717) is 5.41 Å². The van der Waals surface area contributed by atoms with Gasteiger partial charge in [-0.15, -0.1) is 10.2 Å². The molecule has 9 heteroatoms. The second-order valence-corrected chi connectivity index (χ2v) is 10.4. The molecule has 170 valence electrons. The molecule has 0 amide bonds. The molecule has 5 rings (SSSR count). The summed E-state index contributed by atoms with van der Waals surface area (Å²) in [6.07, 6.45) is 4.22. The molecule has 1 saturated heterocycles. The smallest absolute Gasteiger partial charge is 0.290 e. The Morgan fingerprint density at radius 1 is 1.31 bits per heavy atom. The Morgan fingerprint density at radius 2 is 2.06 bits per heavy atom. The molecular weight excluding hydrogens is 492 g/mol. The molecule has 0 bridgehead atoms. The summed E-state index contributed by atoms with van der Waals surface area (Å²) in [6.45, 7) is 5.38. The van der Waals surface area contributed by atoms with Crippen LogP contribution in [0.2, 0.25) is 0 Å². The fourth-order valence-corrected chi connectivity index (χ4v) is 5.78. The Labute approximate surface area is 200 Å². The molecule has 7 nitrogen and oxygen atoms in total. The third-order valence-corrected chi connectivity index (χ3v) is 8.02. The van der Waals surface area contributed by atoms with Crippen LogP contribution in [0.3, 0.4) is 0 Å². The van der Waals surface area contributed by atoms with Crippen molar-refractivity contribution in [1.29, 1.82) is 0 Å². The van der Waals surface area contributed by atoms with Gasteiger partial charge in [-0.2, -0.15) is 0 Å². The van der Waals surface area contributed by atoms with Crippen molar-refractivity contribution >= 4 is 34.2 Å². The van der Waals surface area contributed by atoms with Crippen LogP contribution in [0.15, 0.2) is 50.6 Å². The predicted octanol–water partition coefficient (Wildman–Crippen LogP) is 4.60. The van der Waals surface area contributed by atoms with Crippen molar-refractivity contribution in [2.24, 2.45) is 13.0 Å². The van der Waals surface area contributed by atoms with E-state index >= 15 is 0 Å². The van der Waals surface area contributed by atoms with Gasteiger partial charge in [-0.1, -0.05) is 39.8 Å². The highest BCUT2D eigenvalue weighted by atomic mass is 79.9. The van der Waals surface area contributed by atoms with Crippen LogP contribution in [0.4, 0.5) is 0 Å². The number of carbonyl (C=O) groups is 1. The third-order valence-electron chi connectivity index (χ3n) is 6.39. The SMILES string of the molecule is Cc1ccoc1-c1nnc(SCCCN2C[C@@H]3C[C@]3(c3ccc(Br)cc3)C2)n1C.O=CO. The Morgan fingerprint density at radius 3 is 2.75 bits per heavy atom. The molecule has 3 aromatic rings. The van der Waals surface area contributed by atoms with Crippen LogP contribution in [0, 0.1) is 12.8 Å². The van der Waals surface area contributed by atoms with Gasteiger partial charge in [0.2, 0.25) is 0 Å². The van der Waals surface area contributed by atoms with Crippen molar-refractivity contribution in [1.82, 2.24) is 19.7 Å². The Bertz CT molecular complexity index is 1070. The second-order valence-electron chi connectivity index (χ2n) is 8.40. The van der Waals surface area contributed by atoms with Crippen molar-refractivity contribution in [2.75, 3.05) is 25.4 Å². The molecule has 0 radical (unpaired) electrons. The summed E-state index contributed by atoms with van der Waals surface area (Å²) in [5, 5.41) is 16.5. The van der Waals surface area contributed by atoms with Gasteiger partial charge in [-0.3, -0.25) is 4.79 Å². The minimum atomic E-state index is -0.250. The average Bonchev–Trinajstić information content (AvgIpc) is 3.07. The zero-order chi connectivity index (χ0) is 22.7. The molecule has 1 N–H and O–H groups in total. The summed E-state index contributed by atoms with van der Waals surface area (Å²) < 4.78 is 8.76. The number of aromatic nitrogens is 3. The molecule has 2 aromatic heterocycles. The molecular formula is C23H27BrN4O3S. The number of aryl methyl sites for hydroxylation is 1. The molecule has 1 aliphatic carbocycles. The van der Waals surface area contributed by atoms with Gasteiger partial charge in [-0.25, -0.2) is 0 Å². The van der Waals surface area contributed by atoms with Crippen molar-refractivity contribution in [3.8, 4) is 11.6 Å². The van der Waals surface area contributed by atoms with Crippen LogP contribution < -0.4 is 0 Å². The number of rotatable bonds is 7. The van der Waals surface area contributed by atoms with Crippen molar-refractivity contribution < 1.29 is 14.3 Å². The highest BCUT2D eigenvalue weighted by Crippen LogP contribution is 2.59. The van der Waals surface area contributed by atoms with E-state index in [1.807, 2.05) is 24.6 Å². The molecule has 32 heavy (non-hydrogen) atoms.